The van der Waals surface area contributed by atoms with Crippen LogP contribution in [0.3, 0.4) is 0 Å². The van der Waals surface area contributed by atoms with Crippen LogP contribution < -0.4 is 15.2 Å². The molecule has 0 aromatic heterocycles. The van der Waals surface area contributed by atoms with Crippen molar-refractivity contribution in [1.82, 2.24) is 0 Å². The van der Waals surface area contributed by atoms with Crippen LogP contribution >= 0.6 is 0 Å². The Morgan fingerprint density at radius 2 is 1.58 bits per heavy atom. The Kier molecular flexibility index (Phi) is 10.7. The second-order valence-electron chi connectivity index (χ2n) is 7.35. The lowest BCUT2D eigenvalue weighted by Gasteiger charge is -2.18. The van der Waals surface area contributed by atoms with Gasteiger partial charge in [-0.25, -0.2) is 0 Å². The van der Waals surface area contributed by atoms with Crippen molar-refractivity contribution >= 4 is 23.9 Å². The summed E-state index contributed by atoms with van der Waals surface area (Å²) in [4.78, 5) is 46.6. The molecule has 172 valence electrons. The third kappa shape index (κ3) is 9.61. The summed E-state index contributed by atoms with van der Waals surface area (Å²) in [6.45, 7) is 7.73. The summed E-state index contributed by atoms with van der Waals surface area (Å²) in [5.41, 5.74) is 6.49. The van der Waals surface area contributed by atoms with Crippen LogP contribution in [-0.2, 0) is 35.1 Å². The van der Waals surface area contributed by atoms with E-state index < -0.39 is 30.1 Å². The third-order valence-corrected chi connectivity index (χ3v) is 4.18. The highest BCUT2D eigenvalue weighted by atomic mass is 16.6. The Bertz CT molecular complexity index is 792. The fraction of sp³-hybridized carbons (Fsp3) is 0.545. The predicted molar refractivity (Wildman–Crippen MR) is 111 cm³/mol. The van der Waals surface area contributed by atoms with Crippen LogP contribution in [0.4, 0.5) is 0 Å². The van der Waals surface area contributed by atoms with Crippen LogP contribution in [-0.4, -0.2) is 42.6 Å². The number of rotatable bonds is 11. The van der Waals surface area contributed by atoms with Gasteiger partial charge in [-0.3, -0.25) is 19.2 Å². The highest BCUT2D eigenvalue weighted by Gasteiger charge is 2.21. The minimum absolute atomic E-state index is 0.0440. The van der Waals surface area contributed by atoms with Gasteiger partial charge in [0.25, 0.3) is 0 Å². The van der Waals surface area contributed by atoms with E-state index in [1.807, 2.05) is 6.92 Å². The molecule has 1 rings (SSSR count). The molecule has 0 fully saturated rings. The van der Waals surface area contributed by atoms with Gasteiger partial charge in [0.1, 0.15) is 18.8 Å². The first kappa shape index (κ1) is 26.1. The zero-order valence-electron chi connectivity index (χ0n) is 18.6. The Balaban J connectivity index is 2.66. The number of carbonyl (C=O) groups is 4. The number of carbonyl (C=O) groups excluding carboxylic acids is 4. The second-order valence-corrected chi connectivity index (χ2v) is 7.35. The first-order valence-electron chi connectivity index (χ1n) is 10.2. The number of esters is 4. The van der Waals surface area contributed by atoms with Gasteiger partial charge in [0.15, 0.2) is 11.5 Å². The van der Waals surface area contributed by atoms with Crippen LogP contribution in [0.5, 0.6) is 11.5 Å². The van der Waals surface area contributed by atoms with E-state index in [1.54, 1.807) is 19.9 Å². The first-order valence-corrected chi connectivity index (χ1v) is 10.2. The van der Waals surface area contributed by atoms with Gasteiger partial charge in [0.2, 0.25) is 0 Å². The summed E-state index contributed by atoms with van der Waals surface area (Å²) < 4.78 is 20.5. The maximum Gasteiger partial charge on any atom is 0.323 e. The van der Waals surface area contributed by atoms with Crippen molar-refractivity contribution in [2.75, 3.05) is 6.61 Å². The maximum absolute atomic E-state index is 12.2. The van der Waals surface area contributed by atoms with Crippen LogP contribution in [0.2, 0.25) is 0 Å². The van der Waals surface area contributed by atoms with E-state index >= 15 is 0 Å². The minimum Gasteiger partial charge on any atom is -0.461 e. The van der Waals surface area contributed by atoms with Crippen molar-refractivity contribution in [2.24, 2.45) is 11.7 Å². The molecule has 0 aliphatic carbocycles. The normalized spacial score (nSPS) is 13.5. The molecule has 0 spiro atoms. The average Bonchev–Trinajstić information content (AvgIpc) is 2.67. The van der Waals surface area contributed by atoms with Crippen molar-refractivity contribution in [2.45, 2.75) is 66.0 Å². The maximum atomic E-state index is 12.2. The lowest BCUT2D eigenvalue weighted by atomic mass is 10.1. The summed E-state index contributed by atoms with van der Waals surface area (Å²) in [6, 6.07) is 3.52. The molecule has 9 nitrogen and oxygen atoms in total. The molecule has 0 radical (unpaired) electrons. The SMILES string of the molecule is CCCC(C)C(=O)O[C@@H](C)COC(=O)[C@@H](N)Cc1ccc(OC(C)=O)c(OC(C)=O)c1. The Morgan fingerprint density at radius 1 is 0.968 bits per heavy atom. The number of nitrogens with two attached hydrogens (primary N) is 1. The summed E-state index contributed by atoms with van der Waals surface area (Å²) in [5, 5.41) is 0. The second kappa shape index (κ2) is 12.7. The summed E-state index contributed by atoms with van der Waals surface area (Å²) in [6.07, 6.45) is 1.09. The van der Waals surface area contributed by atoms with Gasteiger partial charge >= 0.3 is 23.9 Å². The zero-order chi connectivity index (χ0) is 23.6. The molecule has 0 aliphatic rings. The van der Waals surface area contributed by atoms with Crippen LogP contribution in [0.1, 0.15) is 53.0 Å². The van der Waals surface area contributed by atoms with Gasteiger partial charge in [0.05, 0.1) is 5.92 Å². The number of benzene rings is 1. The third-order valence-electron chi connectivity index (χ3n) is 4.18. The lowest BCUT2D eigenvalue weighted by Crippen LogP contribution is -2.36. The van der Waals surface area contributed by atoms with E-state index in [9.17, 15) is 19.2 Å². The van der Waals surface area contributed by atoms with Crippen molar-refractivity contribution in [3.63, 3.8) is 0 Å². The molecule has 1 unspecified atom stereocenters. The molecule has 0 heterocycles. The Labute approximate surface area is 182 Å². The molecule has 0 saturated heterocycles. The number of hydrogen-bond acceptors (Lipinski definition) is 9. The predicted octanol–water partition coefficient (Wildman–Crippen LogP) is 2.32. The molecule has 0 saturated carbocycles. The van der Waals surface area contributed by atoms with Crippen molar-refractivity contribution in [3.05, 3.63) is 23.8 Å². The van der Waals surface area contributed by atoms with Crippen LogP contribution in [0, 0.1) is 5.92 Å². The molecule has 1 aromatic rings. The molecule has 0 amide bonds. The summed E-state index contributed by atoms with van der Waals surface area (Å²) >= 11 is 0. The monoisotopic (exact) mass is 437 g/mol. The summed E-state index contributed by atoms with van der Waals surface area (Å²) in [7, 11) is 0. The van der Waals surface area contributed by atoms with Crippen LogP contribution in [0.25, 0.3) is 0 Å². The lowest BCUT2D eigenvalue weighted by molar-refractivity contribution is -0.161. The Morgan fingerprint density at radius 3 is 2.16 bits per heavy atom. The highest BCUT2D eigenvalue weighted by Crippen LogP contribution is 2.29. The number of ether oxygens (including phenoxy) is 4. The molecule has 9 heteroatoms. The molecular formula is C22H31NO8. The van der Waals surface area contributed by atoms with Crippen molar-refractivity contribution < 1.29 is 38.1 Å². The van der Waals surface area contributed by atoms with Gasteiger partial charge in [-0.2, -0.15) is 0 Å². The first-order chi connectivity index (χ1) is 14.5. The van der Waals surface area contributed by atoms with Crippen molar-refractivity contribution in [1.29, 1.82) is 0 Å². The number of hydrogen-bond donors (Lipinski definition) is 1. The van der Waals surface area contributed by atoms with E-state index in [4.69, 9.17) is 24.7 Å². The quantitative estimate of drug-likeness (QED) is 0.409. The highest BCUT2D eigenvalue weighted by molar-refractivity contribution is 5.76. The topological polar surface area (TPSA) is 131 Å². The molecule has 0 bridgehead atoms. The van der Waals surface area contributed by atoms with Crippen LogP contribution in [0.15, 0.2) is 18.2 Å². The Hall–Kier alpha value is -2.94. The van der Waals surface area contributed by atoms with Gasteiger partial charge in [0, 0.05) is 13.8 Å². The summed E-state index contributed by atoms with van der Waals surface area (Å²) in [5.74, 6) is -2.25. The van der Waals surface area contributed by atoms with Gasteiger partial charge < -0.3 is 24.7 Å². The standard InChI is InChI=1S/C22H31NO8/c1-6-7-13(2)21(26)29-14(3)12-28-22(27)18(23)10-17-8-9-19(30-15(4)24)20(11-17)31-16(5)25/h8-9,11,13-14,18H,6-7,10,12,23H2,1-5H3/t13?,14-,18-/m0/s1. The molecule has 3 atom stereocenters. The van der Waals surface area contributed by atoms with E-state index in [1.165, 1.54) is 26.0 Å². The van der Waals surface area contributed by atoms with Gasteiger partial charge in [-0.15, -0.1) is 0 Å². The van der Waals surface area contributed by atoms with E-state index in [0.717, 1.165) is 12.8 Å². The van der Waals surface area contributed by atoms with E-state index in [0.29, 0.717) is 5.56 Å². The average molecular weight is 437 g/mol. The zero-order valence-corrected chi connectivity index (χ0v) is 18.6. The smallest absolute Gasteiger partial charge is 0.323 e. The van der Waals surface area contributed by atoms with E-state index in [-0.39, 0.29) is 36.4 Å². The minimum atomic E-state index is -0.994. The fourth-order valence-corrected chi connectivity index (χ4v) is 2.70. The molecule has 31 heavy (non-hydrogen) atoms. The molecule has 1 aromatic carbocycles. The largest absolute Gasteiger partial charge is 0.461 e. The molecular weight excluding hydrogens is 406 g/mol. The van der Waals surface area contributed by atoms with Gasteiger partial charge in [-0.05, 0) is 37.5 Å². The molecule has 0 aliphatic heterocycles. The van der Waals surface area contributed by atoms with Crippen molar-refractivity contribution in [3.8, 4) is 11.5 Å². The molecule has 2 N–H and O–H groups in total. The van der Waals surface area contributed by atoms with Gasteiger partial charge in [-0.1, -0.05) is 26.3 Å². The fourth-order valence-electron chi connectivity index (χ4n) is 2.70. The van der Waals surface area contributed by atoms with E-state index in [2.05, 4.69) is 0 Å².